The number of ketones is 3. The molecule has 1 unspecified atom stereocenters. The van der Waals surface area contributed by atoms with E-state index in [1.165, 1.54) is 18.6 Å². The molecule has 0 spiro atoms. The van der Waals surface area contributed by atoms with Crippen LogP contribution in [0.1, 0.15) is 128 Å². The van der Waals surface area contributed by atoms with Crippen molar-refractivity contribution >= 4 is 35.1 Å². The summed E-state index contributed by atoms with van der Waals surface area (Å²) in [6, 6.07) is -2.44. The van der Waals surface area contributed by atoms with Gasteiger partial charge >= 0.3 is 0 Å². The number of aromatic nitrogens is 2. The Labute approximate surface area is 315 Å². The SMILES string of the molecule is CCCC(NC(=O)[C@@H]1[C@H]2CCC[C@H]2CN1C(=O)[C@@H](CC(=O)[C@@H](NC(=O)c1cnccn1)C1CCCCC1)C(C)(C)C)C(=O)C(=O)CC1CC1.[CH3-].[V]. The van der Waals surface area contributed by atoms with Crippen molar-refractivity contribution in [3.8, 4) is 0 Å². The molecule has 5 rings (SSSR count). The quantitative estimate of drug-likeness (QED) is 0.186. The van der Waals surface area contributed by atoms with Gasteiger partial charge in [-0.05, 0) is 74.0 Å². The second-order valence-electron chi connectivity index (χ2n) is 16.1. The van der Waals surface area contributed by atoms with Crippen molar-refractivity contribution in [2.24, 2.45) is 35.0 Å². The zero-order valence-corrected chi connectivity index (χ0v) is 32.6. The average molecular weight is 744 g/mol. The van der Waals surface area contributed by atoms with Gasteiger partial charge in [-0.25, -0.2) is 4.98 Å². The molecule has 1 saturated heterocycles. The van der Waals surface area contributed by atoms with Crippen molar-refractivity contribution < 1.29 is 47.3 Å². The van der Waals surface area contributed by atoms with Crippen LogP contribution in [0.25, 0.3) is 0 Å². The Bertz CT molecular complexity index is 1390. The molecule has 2 N–H and O–H groups in total. The molecule has 6 atom stereocenters. The van der Waals surface area contributed by atoms with E-state index < -0.39 is 46.9 Å². The number of hydrogen-bond acceptors (Lipinski definition) is 8. The fraction of sp³-hybridized carbons (Fsp3) is 0.718. The molecule has 1 aliphatic heterocycles. The molecule has 1 radical (unpaired) electrons. The Morgan fingerprint density at radius 2 is 1.63 bits per heavy atom. The third-order valence-electron chi connectivity index (χ3n) is 11.4. The summed E-state index contributed by atoms with van der Waals surface area (Å²) in [6.07, 6.45) is 14.7. The molecule has 0 aromatic carbocycles. The molecule has 11 nitrogen and oxygen atoms in total. The van der Waals surface area contributed by atoms with Crippen molar-refractivity contribution in [3.05, 3.63) is 31.7 Å². The Morgan fingerprint density at radius 3 is 2.24 bits per heavy atom. The van der Waals surface area contributed by atoms with Gasteiger partial charge in [0.1, 0.15) is 11.7 Å². The van der Waals surface area contributed by atoms with Gasteiger partial charge in [0.05, 0.1) is 18.3 Å². The summed E-state index contributed by atoms with van der Waals surface area (Å²) in [5, 5.41) is 5.88. The van der Waals surface area contributed by atoms with Gasteiger partial charge in [-0.2, -0.15) is 0 Å². The molecular formula is C39H58N5O6V-. The fourth-order valence-electron chi connectivity index (χ4n) is 8.41. The Kier molecular flexibility index (Phi) is 15.6. The summed E-state index contributed by atoms with van der Waals surface area (Å²) >= 11 is 0. The molecule has 3 amide bonds. The molecule has 281 valence electrons. The summed E-state index contributed by atoms with van der Waals surface area (Å²) < 4.78 is 0. The van der Waals surface area contributed by atoms with Gasteiger partial charge in [-0.3, -0.25) is 33.8 Å². The third-order valence-corrected chi connectivity index (χ3v) is 11.4. The predicted molar refractivity (Wildman–Crippen MR) is 189 cm³/mol. The van der Waals surface area contributed by atoms with Crippen LogP contribution in [0.4, 0.5) is 0 Å². The Balaban J connectivity index is 0.00000351. The minimum absolute atomic E-state index is 0. The van der Waals surface area contributed by atoms with E-state index in [1.54, 1.807) is 4.90 Å². The Hall–Kier alpha value is -2.92. The van der Waals surface area contributed by atoms with Crippen LogP contribution in [-0.2, 0) is 42.5 Å². The van der Waals surface area contributed by atoms with Crippen LogP contribution in [-0.4, -0.2) is 74.6 Å². The third kappa shape index (κ3) is 10.6. The van der Waals surface area contributed by atoms with Crippen LogP contribution in [0.15, 0.2) is 18.6 Å². The second-order valence-corrected chi connectivity index (χ2v) is 16.1. The number of fused-ring (bicyclic) bond motifs is 1. The van der Waals surface area contributed by atoms with Crippen LogP contribution in [0.5, 0.6) is 0 Å². The number of carbonyl (C=O) groups is 6. The number of likely N-dealkylation sites (tertiary alicyclic amines) is 1. The normalized spacial score (nSPS) is 23.5. The first kappa shape index (κ1) is 42.5. The molecule has 4 aliphatic rings. The fourth-order valence-corrected chi connectivity index (χ4v) is 8.41. The number of nitrogens with zero attached hydrogens (tertiary/aromatic N) is 3. The Morgan fingerprint density at radius 1 is 0.922 bits per heavy atom. The van der Waals surface area contributed by atoms with Crippen molar-refractivity contribution in [3.63, 3.8) is 0 Å². The molecule has 0 bridgehead atoms. The molecule has 3 aliphatic carbocycles. The molecule has 1 aromatic rings. The maximum absolute atomic E-state index is 14.7. The zero-order chi connectivity index (χ0) is 35.3. The minimum atomic E-state index is -0.907. The first-order valence-electron chi connectivity index (χ1n) is 18.7. The van der Waals surface area contributed by atoms with E-state index in [0.717, 1.165) is 64.2 Å². The molecule has 51 heavy (non-hydrogen) atoms. The minimum Gasteiger partial charge on any atom is -0.358 e. The molecule has 3 saturated carbocycles. The van der Waals surface area contributed by atoms with Gasteiger partial charge < -0.3 is 23.0 Å². The van der Waals surface area contributed by atoms with Crippen LogP contribution in [0.3, 0.4) is 0 Å². The smallest absolute Gasteiger partial charge is 0.272 e. The summed E-state index contributed by atoms with van der Waals surface area (Å²) in [7, 11) is 0. The van der Waals surface area contributed by atoms with Crippen LogP contribution < -0.4 is 10.6 Å². The number of carbonyl (C=O) groups excluding carboxylic acids is 6. The van der Waals surface area contributed by atoms with E-state index >= 15 is 0 Å². The monoisotopic (exact) mass is 743 g/mol. The number of amides is 3. The van der Waals surface area contributed by atoms with E-state index in [4.69, 9.17) is 0 Å². The largest absolute Gasteiger partial charge is 0.358 e. The number of hydrogen-bond donors (Lipinski definition) is 2. The second kappa shape index (κ2) is 18.7. The van der Waals surface area contributed by atoms with Gasteiger partial charge in [0.2, 0.25) is 23.4 Å². The predicted octanol–water partition coefficient (Wildman–Crippen LogP) is 5.07. The maximum atomic E-state index is 14.7. The summed E-state index contributed by atoms with van der Waals surface area (Å²) in [6.45, 7) is 8.14. The first-order chi connectivity index (χ1) is 23.4. The van der Waals surface area contributed by atoms with E-state index in [-0.39, 0.29) is 85.8 Å². The van der Waals surface area contributed by atoms with E-state index in [1.807, 2.05) is 27.7 Å². The molecule has 2 heterocycles. The van der Waals surface area contributed by atoms with E-state index in [2.05, 4.69) is 20.6 Å². The van der Waals surface area contributed by atoms with E-state index in [0.29, 0.717) is 19.4 Å². The molecule has 12 heteroatoms. The molecular weight excluding hydrogens is 685 g/mol. The summed E-state index contributed by atoms with van der Waals surface area (Å²) in [4.78, 5) is 92.0. The van der Waals surface area contributed by atoms with Gasteiger partial charge in [-0.15, -0.1) is 0 Å². The van der Waals surface area contributed by atoms with E-state index in [9.17, 15) is 28.8 Å². The van der Waals surface area contributed by atoms with Gasteiger partial charge in [0.25, 0.3) is 5.91 Å². The zero-order valence-electron chi connectivity index (χ0n) is 31.2. The summed E-state index contributed by atoms with van der Waals surface area (Å²) in [5.74, 6) is -2.65. The molecule has 1 aromatic heterocycles. The summed E-state index contributed by atoms with van der Waals surface area (Å²) in [5.41, 5.74) is -0.487. The van der Waals surface area contributed by atoms with Gasteiger partial charge in [0, 0.05) is 56.3 Å². The number of nitrogens with one attached hydrogen (secondary N) is 2. The van der Waals surface area contributed by atoms with Crippen molar-refractivity contribution in [2.45, 2.75) is 136 Å². The average Bonchev–Trinajstić information content (AvgIpc) is 3.65. The topological polar surface area (TPSA) is 156 Å². The molecule has 4 fully saturated rings. The van der Waals surface area contributed by atoms with Crippen LogP contribution >= 0.6 is 0 Å². The van der Waals surface area contributed by atoms with Crippen LogP contribution in [0, 0.1) is 42.4 Å². The van der Waals surface area contributed by atoms with Crippen molar-refractivity contribution in [1.82, 2.24) is 25.5 Å². The standard InChI is InChI=1S/C38H55N5O6.CH3.V/c1-5-10-28(34(46)31(45)19-23-15-16-23)41-36(48)33-26-14-9-13-25(26)22-43(33)37(49)27(38(2,3)4)20-30(44)32(24-11-7-6-8-12-24)42-35(47)29-21-39-17-18-40-29;;/h17-18,21,23-28,32-33H,5-16,19-20,22H2,1-4H3,(H,41,48)(H,42,47);1H3;/q;-1;/t25-,26-,27+,28?,32-,33-;;/m0../s1. The van der Waals surface area contributed by atoms with Crippen molar-refractivity contribution in [1.29, 1.82) is 0 Å². The van der Waals surface area contributed by atoms with Gasteiger partial charge in [0.15, 0.2) is 5.78 Å². The van der Waals surface area contributed by atoms with Gasteiger partial charge in [-0.1, -0.05) is 59.8 Å². The van der Waals surface area contributed by atoms with Crippen LogP contribution in [0.2, 0.25) is 0 Å². The maximum Gasteiger partial charge on any atom is 0.272 e. The first-order valence-corrected chi connectivity index (χ1v) is 18.7. The number of rotatable bonds is 15. The number of Topliss-reactive ketones (excluding diaryl/α,β-unsaturated/α-hetero) is 3. The van der Waals surface area contributed by atoms with Crippen molar-refractivity contribution in [2.75, 3.05) is 6.54 Å².